The molecule has 0 saturated carbocycles. The van der Waals surface area contributed by atoms with Gasteiger partial charge in [-0.05, 0) is 24.6 Å². The predicted octanol–water partition coefficient (Wildman–Crippen LogP) is 2.37. The maximum Gasteiger partial charge on any atom is 0.339 e. The molecule has 0 unspecified atom stereocenters. The second kappa shape index (κ2) is 5.43. The highest BCUT2D eigenvalue weighted by atomic mass is 35.5. The van der Waals surface area contributed by atoms with Crippen molar-refractivity contribution in [3.63, 3.8) is 0 Å². The number of halogens is 1. The van der Waals surface area contributed by atoms with Gasteiger partial charge < -0.3 is 4.74 Å². The Hall–Kier alpha value is -1.46. The molecule has 15 heavy (non-hydrogen) atoms. The van der Waals surface area contributed by atoms with Gasteiger partial charge >= 0.3 is 5.97 Å². The summed E-state index contributed by atoms with van der Waals surface area (Å²) in [6.45, 7) is 1.94. The molecule has 0 aliphatic heterocycles. The van der Waals surface area contributed by atoms with E-state index in [2.05, 4.69) is 16.6 Å². The van der Waals surface area contributed by atoms with E-state index in [1.807, 2.05) is 19.1 Å². The highest BCUT2D eigenvalue weighted by Crippen LogP contribution is 2.11. The lowest BCUT2D eigenvalue weighted by atomic mass is 10.1. The molecule has 0 saturated heterocycles. The molecule has 1 aromatic carbocycles. The molecule has 1 aromatic rings. The standard InChI is InChI=1S/C12H11ClO2/c1-9-5-6-11(12(14)15-2)10(8-9)4-3-7-13/h5-6,8H,7H2,1-2H3. The van der Waals surface area contributed by atoms with Gasteiger partial charge in [0.05, 0.1) is 18.6 Å². The monoisotopic (exact) mass is 222 g/mol. The number of hydrogen-bond acceptors (Lipinski definition) is 2. The van der Waals surface area contributed by atoms with Crippen molar-refractivity contribution >= 4 is 17.6 Å². The summed E-state index contributed by atoms with van der Waals surface area (Å²) >= 11 is 5.47. The van der Waals surface area contributed by atoms with E-state index >= 15 is 0 Å². The van der Waals surface area contributed by atoms with E-state index in [0.29, 0.717) is 11.1 Å². The first kappa shape index (κ1) is 11.6. The Balaban J connectivity index is 3.20. The molecule has 0 N–H and O–H groups in total. The van der Waals surface area contributed by atoms with Gasteiger partial charge in [-0.3, -0.25) is 0 Å². The van der Waals surface area contributed by atoms with Crippen molar-refractivity contribution in [3.05, 3.63) is 34.9 Å². The van der Waals surface area contributed by atoms with Crippen LogP contribution >= 0.6 is 11.6 Å². The fourth-order valence-electron chi connectivity index (χ4n) is 1.18. The maximum atomic E-state index is 11.4. The number of rotatable bonds is 1. The Morgan fingerprint density at radius 1 is 1.53 bits per heavy atom. The van der Waals surface area contributed by atoms with E-state index in [4.69, 9.17) is 11.6 Å². The SMILES string of the molecule is COC(=O)c1ccc(C)cc1C#CCCl. The molecule has 0 atom stereocenters. The summed E-state index contributed by atoms with van der Waals surface area (Å²) in [4.78, 5) is 11.4. The smallest absolute Gasteiger partial charge is 0.339 e. The van der Waals surface area contributed by atoms with Gasteiger partial charge in [0.2, 0.25) is 0 Å². The van der Waals surface area contributed by atoms with Crippen molar-refractivity contribution in [1.82, 2.24) is 0 Å². The lowest BCUT2D eigenvalue weighted by molar-refractivity contribution is 0.0600. The Labute approximate surface area is 94.2 Å². The van der Waals surface area contributed by atoms with Crippen molar-refractivity contribution in [2.75, 3.05) is 13.0 Å². The Morgan fingerprint density at radius 2 is 2.27 bits per heavy atom. The summed E-state index contributed by atoms with van der Waals surface area (Å²) in [5.74, 6) is 5.42. The molecule has 1 rings (SSSR count). The largest absolute Gasteiger partial charge is 0.465 e. The normalized spacial score (nSPS) is 9.00. The van der Waals surface area contributed by atoms with Gasteiger partial charge in [-0.1, -0.05) is 17.9 Å². The third-order valence-corrected chi connectivity index (χ3v) is 2.00. The van der Waals surface area contributed by atoms with Crippen LogP contribution in [0, 0.1) is 18.8 Å². The van der Waals surface area contributed by atoms with Crippen LogP contribution in [0.2, 0.25) is 0 Å². The molecule has 0 heterocycles. The minimum Gasteiger partial charge on any atom is -0.465 e. The highest BCUT2D eigenvalue weighted by molar-refractivity contribution is 6.19. The van der Waals surface area contributed by atoms with E-state index in [1.54, 1.807) is 6.07 Å². The highest BCUT2D eigenvalue weighted by Gasteiger charge is 2.09. The molecule has 0 bridgehead atoms. The van der Waals surface area contributed by atoms with Crippen LogP contribution in [0.1, 0.15) is 21.5 Å². The average Bonchev–Trinajstić information content (AvgIpc) is 2.25. The Morgan fingerprint density at radius 3 is 2.87 bits per heavy atom. The summed E-state index contributed by atoms with van der Waals surface area (Å²) < 4.78 is 4.66. The number of ether oxygens (including phenoxy) is 1. The van der Waals surface area contributed by atoms with Crippen molar-refractivity contribution in [2.45, 2.75) is 6.92 Å². The van der Waals surface area contributed by atoms with Crippen molar-refractivity contribution in [1.29, 1.82) is 0 Å². The zero-order valence-electron chi connectivity index (χ0n) is 8.63. The van der Waals surface area contributed by atoms with Crippen LogP contribution < -0.4 is 0 Å². The Kier molecular flexibility index (Phi) is 4.20. The van der Waals surface area contributed by atoms with Crippen LogP contribution in [-0.4, -0.2) is 19.0 Å². The predicted molar refractivity (Wildman–Crippen MR) is 60.1 cm³/mol. The first-order valence-electron chi connectivity index (χ1n) is 4.43. The summed E-state index contributed by atoms with van der Waals surface area (Å²) in [5.41, 5.74) is 2.17. The van der Waals surface area contributed by atoms with Crippen LogP contribution in [-0.2, 0) is 4.74 Å². The third kappa shape index (κ3) is 3.00. The molecule has 0 fully saturated rings. The second-order valence-electron chi connectivity index (χ2n) is 2.98. The summed E-state index contributed by atoms with van der Waals surface area (Å²) in [6, 6.07) is 5.39. The summed E-state index contributed by atoms with van der Waals surface area (Å²) in [7, 11) is 1.35. The molecule has 3 heteroatoms. The zero-order chi connectivity index (χ0) is 11.3. The lowest BCUT2D eigenvalue weighted by Gasteiger charge is -2.03. The molecule has 0 radical (unpaired) electrons. The van der Waals surface area contributed by atoms with Crippen LogP contribution in [0.4, 0.5) is 0 Å². The number of carbonyl (C=O) groups excluding carboxylic acids is 1. The van der Waals surface area contributed by atoms with E-state index in [-0.39, 0.29) is 11.8 Å². The van der Waals surface area contributed by atoms with Gasteiger partial charge in [-0.15, -0.1) is 11.6 Å². The number of aryl methyl sites for hydroxylation is 1. The molecular weight excluding hydrogens is 212 g/mol. The topological polar surface area (TPSA) is 26.3 Å². The minimum absolute atomic E-state index is 0.245. The van der Waals surface area contributed by atoms with Crippen LogP contribution in [0.15, 0.2) is 18.2 Å². The van der Waals surface area contributed by atoms with Crippen LogP contribution in [0.25, 0.3) is 0 Å². The molecular formula is C12H11ClO2. The van der Waals surface area contributed by atoms with Crippen molar-refractivity contribution in [2.24, 2.45) is 0 Å². The van der Waals surface area contributed by atoms with Gasteiger partial charge in [-0.25, -0.2) is 4.79 Å². The van der Waals surface area contributed by atoms with E-state index in [0.717, 1.165) is 5.56 Å². The van der Waals surface area contributed by atoms with E-state index in [1.165, 1.54) is 7.11 Å². The molecule has 0 spiro atoms. The lowest BCUT2D eigenvalue weighted by Crippen LogP contribution is -2.04. The molecule has 0 aliphatic carbocycles. The van der Waals surface area contributed by atoms with Gasteiger partial charge in [0.15, 0.2) is 0 Å². The Bertz CT molecular complexity index is 427. The molecule has 2 nitrogen and oxygen atoms in total. The van der Waals surface area contributed by atoms with Gasteiger partial charge in [0, 0.05) is 5.56 Å². The average molecular weight is 223 g/mol. The zero-order valence-corrected chi connectivity index (χ0v) is 9.39. The quantitative estimate of drug-likeness (QED) is 0.414. The number of esters is 1. The summed E-state index contributed by atoms with van der Waals surface area (Å²) in [6.07, 6.45) is 0. The third-order valence-electron chi connectivity index (χ3n) is 1.87. The number of benzene rings is 1. The second-order valence-corrected chi connectivity index (χ2v) is 3.24. The van der Waals surface area contributed by atoms with Crippen LogP contribution in [0.3, 0.4) is 0 Å². The maximum absolute atomic E-state index is 11.4. The van der Waals surface area contributed by atoms with Crippen molar-refractivity contribution < 1.29 is 9.53 Å². The molecule has 0 aromatic heterocycles. The van der Waals surface area contributed by atoms with Gasteiger partial charge in [0.1, 0.15) is 0 Å². The first-order chi connectivity index (χ1) is 7.19. The van der Waals surface area contributed by atoms with Crippen LogP contribution in [0.5, 0.6) is 0 Å². The summed E-state index contributed by atoms with van der Waals surface area (Å²) in [5, 5.41) is 0. The van der Waals surface area contributed by atoms with E-state index in [9.17, 15) is 4.79 Å². The number of alkyl halides is 1. The van der Waals surface area contributed by atoms with Crippen molar-refractivity contribution in [3.8, 4) is 11.8 Å². The first-order valence-corrected chi connectivity index (χ1v) is 4.96. The molecule has 78 valence electrons. The molecule has 0 amide bonds. The number of hydrogen-bond donors (Lipinski definition) is 0. The number of carbonyl (C=O) groups is 1. The van der Waals surface area contributed by atoms with Gasteiger partial charge in [0.25, 0.3) is 0 Å². The minimum atomic E-state index is -0.381. The number of methoxy groups -OCH3 is 1. The fraction of sp³-hybridized carbons (Fsp3) is 0.250. The fourth-order valence-corrected chi connectivity index (χ4v) is 1.24. The van der Waals surface area contributed by atoms with E-state index < -0.39 is 0 Å². The molecule has 0 aliphatic rings. The van der Waals surface area contributed by atoms with Gasteiger partial charge in [-0.2, -0.15) is 0 Å².